The maximum absolute atomic E-state index is 13.5. The van der Waals surface area contributed by atoms with Crippen LogP contribution >= 0.6 is 0 Å². The highest BCUT2D eigenvalue weighted by molar-refractivity contribution is 5.38. The Morgan fingerprint density at radius 1 is 1.33 bits per heavy atom. The fourth-order valence-electron chi connectivity index (χ4n) is 3.00. The Kier molecular flexibility index (Phi) is 4.59. The largest absolute Gasteiger partial charge is 0.496 e. The van der Waals surface area contributed by atoms with Crippen molar-refractivity contribution in [2.45, 2.75) is 44.6 Å². The maximum Gasteiger partial charge on any atom is 0.123 e. The van der Waals surface area contributed by atoms with Crippen molar-refractivity contribution < 1.29 is 9.13 Å². The molecule has 1 aliphatic rings. The van der Waals surface area contributed by atoms with Crippen LogP contribution in [0.1, 0.15) is 44.1 Å². The highest BCUT2D eigenvalue weighted by Crippen LogP contribution is 2.38. The van der Waals surface area contributed by atoms with Crippen molar-refractivity contribution in [3.05, 3.63) is 29.6 Å². The highest BCUT2D eigenvalue weighted by atomic mass is 19.1. The van der Waals surface area contributed by atoms with E-state index in [0.29, 0.717) is 12.0 Å². The predicted octanol–water partition coefficient (Wildman–Crippen LogP) is 3.47. The quantitative estimate of drug-likeness (QED) is 0.884. The standard InChI is InChI=1S/C15H22FNO/c1-3-17-14-7-5-4-6-12(14)13-10-11(16)8-9-15(13)18-2/h8-10,12,14,17H,3-7H2,1-2H3. The molecule has 2 rings (SSSR count). The van der Waals surface area contributed by atoms with Gasteiger partial charge < -0.3 is 10.1 Å². The van der Waals surface area contributed by atoms with Crippen molar-refractivity contribution in [2.75, 3.05) is 13.7 Å². The van der Waals surface area contributed by atoms with Gasteiger partial charge in [-0.25, -0.2) is 4.39 Å². The Morgan fingerprint density at radius 3 is 2.83 bits per heavy atom. The molecular formula is C15H22FNO. The molecule has 2 atom stereocenters. The van der Waals surface area contributed by atoms with Gasteiger partial charge >= 0.3 is 0 Å². The number of likely N-dealkylation sites (N-methyl/N-ethyl adjacent to an activating group) is 1. The second-order valence-corrected chi connectivity index (χ2v) is 4.94. The summed E-state index contributed by atoms with van der Waals surface area (Å²) in [5.41, 5.74) is 1.02. The fourth-order valence-corrected chi connectivity index (χ4v) is 3.00. The number of benzene rings is 1. The molecule has 18 heavy (non-hydrogen) atoms. The van der Waals surface area contributed by atoms with Crippen molar-refractivity contribution in [1.82, 2.24) is 5.32 Å². The average molecular weight is 251 g/mol. The van der Waals surface area contributed by atoms with Gasteiger partial charge in [-0.05, 0) is 37.6 Å². The summed E-state index contributed by atoms with van der Waals surface area (Å²) in [5.74, 6) is 1.00. The first kappa shape index (κ1) is 13.3. The third kappa shape index (κ3) is 2.83. The molecule has 1 aliphatic carbocycles. The molecule has 100 valence electrons. The third-order valence-corrected chi connectivity index (χ3v) is 3.82. The molecule has 1 aromatic carbocycles. The summed E-state index contributed by atoms with van der Waals surface area (Å²) in [4.78, 5) is 0. The van der Waals surface area contributed by atoms with Gasteiger partial charge in [0, 0.05) is 17.5 Å². The molecule has 0 aliphatic heterocycles. The summed E-state index contributed by atoms with van der Waals surface area (Å²) in [7, 11) is 1.65. The second kappa shape index (κ2) is 6.19. The maximum atomic E-state index is 13.5. The minimum absolute atomic E-state index is 0.174. The number of hydrogen-bond donors (Lipinski definition) is 1. The van der Waals surface area contributed by atoms with Crippen molar-refractivity contribution in [3.63, 3.8) is 0 Å². The molecular weight excluding hydrogens is 229 g/mol. The van der Waals surface area contributed by atoms with Crippen LogP contribution in [-0.4, -0.2) is 19.7 Å². The first-order chi connectivity index (χ1) is 8.76. The van der Waals surface area contributed by atoms with Crippen molar-refractivity contribution in [3.8, 4) is 5.75 Å². The van der Waals surface area contributed by atoms with E-state index >= 15 is 0 Å². The van der Waals surface area contributed by atoms with Crippen LogP contribution in [-0.2, 0) is 0 Å². The van der Waals surface area contributed by atoms with Gasteiger partial charge in [0.15, 0.2) is 0 Å². The molecule has 2 nitrogen and oxygen atoms in total. The molecule has 0 spiro atoms. The van der Waals surface area contributed by atoms with E-state index < -0.39 is 0 Å². The Labute approximate surface area is 109 Å². The molecule has 0 saturated heterocycles. The topological polar surface area (TPSA) is 21.3 Å². The van der Waals surface area contributed by atoms with Gasteiger partial charge in [-0.1, -0.05) is 19.8 Å². The van der Waals surface area contributed by atoms with Crippen LogP contribution < -0.4 is 10.1 Å². The zero-order chi connectivity index (χ0) is 13.0. The molecule has 1 fully saturated rings. The summed E-state index contributed by atoms with van der Waals surface area (Å²) < 4.78 is 18.9. The number of ether oxygens (including phenoxy) is 1. The normalized spacial score (nSPS) is 23.9. The molecule has 0 bridgehead atoms. The monoisotopic (exact) mass is 251 g/mol. The van der Waals surface area contributed by atoms with E-state index in [1.807, 2.05) is 0 Å². The zero-order valence-electron chi connectivity index (χ0n) is 11.2. The van der Waals surface area contributed by atoms with Crippen LogP contribution in [0, 0.1) is 5.82 Å². The van der Waals surface area contributed by atoms with Gasteiger partial charge in [-0.3, -0.25) is 0 Å². The van der Waals surface area contributed by atoms with Crippen LogP contribution in [0.25, 0.3) is 0 Å². The average Bonchev–Trinajstić information content (AvgIpc) is 2.40. The molecule has 1 saturated carbocycles. The summed E-state index contributed by atoms with van der Waals surface area (Å²) in [6.07, 6.45) is 4.74. The Morgan fingerprint density at radius 2 is 2.11 bits per heavy atom. The van der Waals surface area contributed by atoms with E-state index in [1.54, 1.807) is 19.2 Å². The van der Waals surface area contributed by atoms with Crippen LogP contribution in [0.3, 0.4) is 0 Å². The van der Waals surface area contributed by atoms with E-state index in [4.69, 9.17) is 4.74 Å². The molecule has 3 heteroatoms. The lowest BCUT2D eigenvalue weighted by Crippen LogP contribution is -2.37. The summed E-state index contributed by atoms with van der Waals surface area (Å²) >= 11 is 0. The number of halogens is 1. The van der Waals surface area contributed by atoms with Gasteiger partial charge in [-0.15, -0.1) is 0 Å². The van der Waals surface area contributed by atoms with E-state index in [9.17, 15) is 4.39 Å². The van der Waals surface area contributed by atoms with E-state index in [1.165, 1.54) is 18.9 Å². The minimum atomic E-state index is -0.174. The van der Waals surface area contributed by atoms with Gasteiger partial charge in [0.1, 0.15) is 11.6 Å². The van der Waals surface area contributed by atoms with E-state index in [2.05, 4.69) is 12.2 Å². The Hall–Kier alpha value is -1.09. The molecule has 0 aromatic heterocycles. The first-order valence-corrected chi connectivity index (χ1v) is 6.83. The first-order valence-electron chi connectivity index (χ1n) is 6.83. The Bertz CT molecular complexity index is 392. The SMILES string of the molecule is CCNC1CCCCC1c1cc(F)ccc1OC. The summed E-state index contributed by atoms with van der Waals surface area (Å²) in [5, 5.41) is 3.53. The molecule has 1 N–H and O–H groups in total. The smallest absolute Gasteiger partial charge is 0.123 e. The number of nitrogens with one attached hydrogen (secondary N) is 1. The Balaban J connectivity index is 2.29. The minimum Gasteiger partial charge on any atom is -0.496 e. The van der Waals surface area contributed by atoms with Crippen LogP contribution in [0.15, 0.2) is 18.2 Å². The van der Waals surface area contributed by atoms with E-state index in [0.717, 1.165) is 30.7 Å². The molecule has 0 amide bonds. The third-order valence-electron chi connectivity index (χ3n) is 3.82. The number of rotatable bonds is 4. The fraction of sp³-hybridized carbons (Fsp3) is 0.600. The second-order valence-electron chi connectivity index (χ2n) is 4.94. The van der Waals surface area contributed by atoms with Crippen LogP contribution in [0.4, 0.5) is 4.39 Å². The van der Waals surface area contributed by atoms with Crippen LogP contribution in [0.2, 0.25) is 0 Å². The van der Waals surface area contributed by atoms with Gasteiger partial charge in [-0.2, -0.15) is 0 Å². The summed E-state index contributed by atoms with van der Waals surface area (Å²) in [6, 6.07) is 5.29. The summed E-state index contributed by atoms with van der Waals surface area (Å²) in [6.45, 7) is 3.08. The van der Waals surface area contributed by atoms with Gasteiger partial charge in [0.05, 0.1) is 7.11 Å². The van der Waals surface area contributed by atoms with Gasteiger partial charge in [0.2, 0.25) is 0 Å². The number of hydrogen-bond acceptors (Lipinski definition) is 2. The predicted molar refractivity (Wildman–Crippen MR) is 71.6 cm³/mol. The highest BCUT2D eigenvalue weighted by Gasteiger charge is 2.28. The zero-order valence-corrected chi connectivity index (χ0v) is 11.2. The lowest BCUT2D eigenvalue weighted by Gasteiger charge is -2.33. The number of methoxy groups -OCH3 is 1. The lowest BCUT2D eigenvalue weighted by molar-refractivity contribution is 0.320. The molecule has 0 radical (unpaired) electrons. The van der Waals surface area contributed by atoms with E-state index in [-0.39, 0.29) is 5.82 Å². The van der Waals surface area contributed by atoms with Crippen molar-refractivity contribution in [1.29, 1.82) is 0 Å². The molecule has 1 aromatic rings. The lowest BCUT2D eigenvalue weighted by atomic mass is 9.79. The van der Waals surface area contributed by atoms with Crippen molar-refractivity contribution in [2.24, 2.45) is 0 Å². The molecule has 2 unspecified atom stereocenters. The van der Waals surface area contributed by atoms with Gasteiger partial charge in [0.25, 0.3) is 0 Å². The van der Waals surface area contributed by atoms with Crippen molar-refractivity contribution >= 4 is 0 Å². The van der Waals surface area contributed by atoms with Crippen LogP contribution in [0.5, 0.6) is 5.75 Å². The molecule has 0 heterocycles.